The molecule has 2 fully saturated rings. The lowest BCUT2D eigenvalue weighted by atomic mass is 9.84. The molecular formula is C15H30N2. The van der Waals surface area contributed by atoms with Crippen LogP contribution in [0.15, 0.2) is 0 Å². The van der Waals surface area contributed by atoms with Crippen LogP contribution in [0.2, 0.25) is 0 Å². The van der Waals surface area contributed by atoms with Crippen molar-refractivity contribution in [2.75, 3.05) is 20.1 Å². The number of rotatable bonds is 4. The van der Waals surface area contributed by atoms with E-state index >= 15 is 0 Å². The van der Waals surface area contributed by atoms with E-state index in [9.17, 15) is 0 Å². The second-order valence-electron chi connectivity index (χ2n) is 6.68. The second-order valence-corrected chi connectivity index (χ2v) is 6.68. The molecule has 0 aromatic heterocycles. The van der Waals surface area contributed by atoms with Crippen molar-refractivity contribution < 1.29 is 0 Å². The molecule has 17 heavy (non-hydrogen) atoms. The third kappa shape index (κ3) is 3.03. The van der Waals surface area contributed by atoms with Crippen LogP contribution in [0.5, 0.6) is 0 Å². The highest BCUT2D eigenvalue weighted by Crippen LogP contribution is 2.42. The Balaban J connectivity index is 2.00. The smallest absolute Gasteiger partial charge is 0.0149 e. The third-order valence-corrected chi connectivity index (χ3v) is 5.00. The van der Waals surface area contributed by atoms with Gasteiger partial charge in [0.1, 0.15) is 0 Å². The first-order valence-electron chi connectivity index (χ1n) is 7.55. The van der Waals surface area contributed by atoms with E-state index in [0.717, 1.165) is 12.1 Å². The molecule has 2 atom stereocenters. The highest BCUT2D eigenvalue weighted by atomic mass is 15.2. The highest BCUT2D eigenvalue weighted by molar-refractivity contribution is 4.95. The van der Waals surface area contributed by atoms with E-state index in [1.165, 1.54) is 58.0 Å². The van der Waals surface area contributed by atoms with Gasteiger partial charge in [0.25, 0.3) is 0 Å². The van der Waals surface area contributed by atoms with Gasteiger partial charge in [-0.2, -0.15) is 0 Å². The predicted octanol–water partition coefficient (Wildman–Crippen LogP) is 3.03. The Bertz CT molecular complexity index is 237. The molecule has 2 heteroatoms. The number of nitrogens with zero attached hydrogens (tertiary/aromatic N) is 1. The Hall–Kier alpha value is -0.0800. The summed E-state index contributed by atoms with van der Waals surface area (Å²) in [5, 5.41) is 3.32. The first-order chi connectivity index (χ1) is 8.15. The lowest BCUT2D eigenvalue weighted by molar-refractivity contribution is 0.0404. The molecule has 2 rings (SSSR count). The summed E-state index contributed by atoms with van der Waals surface area (Å²) in [6.45, 7) is 7.49. The fraction of sp³-hybridized carbons (Fsp3) is 1.00. The molecule has 0 aromatic rings. The second kappa shape index (κ2) is 5.71. The standard InChI is InChI=1S/C15H30N2/c1-15(2)10-6-8-14(15)17-12-5-4-7-13(17)9-11-16-3/h13-14,16H,4-12H2,1-3H3. The summed E-state index contributed by atoms with van der Waals surface area (Å²) in [6.07, 6.45) is 9.92. The minimum Gasteiger partial charge on any atom is -0.320 e. The Morgan fingerprint density at radius 1 is 1.18 bits per heavy atom. The molecule has 100 valence electrons. The van der Waals surface area contributed by atoms with E-state index in [1.54, 1.807) is 0 Å². The maximum absolute atomic E-state index is 3.32. The molecule has 1 N–H and O–H groups in total. The summed E-state index contributed by atoms with van der Waals surface area (Å²) in [5.41, 5.74) is 0.551. The summed E-state index contributed by atoms with van der Waals surface area (Å²) >= 11 is 0. The SMILES string of the molecule is CNCCC1CCCCN1C1CCCC1(C)C. The zero-order valence-corrected chi connectivity index (χ0v) is 12.0. The number of piperidine rings is 1. The van der Waals surface area contributed by atoms with Gasteiger partial charge in [-0.25, -0.2) is 0 Å². The molecule has 0 amide bonds. The summed E-state index contributed by atoms with van der Waals surface area (Å²) < 4.78 is 0. The normalized spacial score (nSPS) is 34.1. The summed E-state index contributed by atoms with van der Waals surface area (Å²) in [7, 11) is 2.08. The molecule has 1 saturated carbocycles. The number of hydrogen-bond donors (Lipinski definition) is 1. The largest absolute Gasteiger partial charge is 0.320 e. The van der Waals surface area contributed by atoms with E-state index in [0.29, 0.717) is 5.41 Å². The summed E-state index contributed by atoms with van der Waals surface area (Å²) in [4.78, 5) is 2.87. The van der Waals surface area contributed by atoms with Crippen molar-refractivity contribution in [2.45, 2.75) is 70.9 Å². The summed E-state index contributed by atoms with van der Waals surface area (Å²) in [6, 6.07) is 1.70. The van der Waals surface area contributed by atoms with Crippen molar-refractivity contribution in [3.05, 3.63) is 0 Å². The lowest BCUT2D eigenvalue weighted by Gasteiger charge is -2.45. The zero-order valence-electron chi connectivity index (χ0n) is 12.0. The van der Waals surface area contributed by atoms with Gasteiger partial charge in [-0.15, -0.1) is 0 Å². The quantitative estimate of drug-likeness (QED) is 0.810. The van der Waals surface area contributed by atoms with Gasteiger partial charge in [-0.1, -0.05) is 26.7 Å². The van der Waals surface area contributed by atoms with E-state index in [-0.39, 0.29) is 0 Å². The molecule has 0 aromatic carbocycles. The molecular weight excluding hydrogens is 208 g/mol. The van der Waals surface area contributed by atoms with E-state index < -0.39 is 0 Å². The Morgan fingerprint density at radius 2 is 2.00 bits per heavy atom. The number of hydrogen-bond acceptors (Lipinski definition) is 2. The van der Waals surface area contributed by atoms with Crippen LogP contribution in [0.4, 0.5) is 0 Å². The van der Waals surface area contributed by atoms with Crippen LogP contribution >= 0.6 is 0 Å². The topological polar surface area (TPSA) is 15.3 Å². The molecule has 1 heterocycles. The lowest BCUT2D eigenvalue weighted by Crippen LogP contribution is -2.50. The van der Waals surface area contributed by atoms with Gasteiger partial charge in [0.05, 0.1) is 0 Å². The van der Waals surface area contributed by atoms with E-state index in [1.807, 2.05) is 0 Å². The van der Waals surface area contributed by atoms with Crippen LogP contribution in [-0.2, 0) is 0 Å². The van der Waals surface area contributed by atoms with Crippen LogP contribution in [-0.4, -0.2) is 37.1 Å². The van der Waals surface area contributed by atoms with E-state index in [2.05, 4.69) is 31.1 Å². The van der Waals surface area contributed by atoms with E-state index in [4.69, 9.17) is 0 Å². The first kappa shape index (κ1) is 13.4. The third-order valence-electron chi connectivity index (χ3n) is 5.00. The Morgan fingerprint density at radius 3 is 2.65 bits per heavy atom. The van der Waals surface area contributed by atoms with Crippen molar-refractivity contribution in [3.63, 3.8) is 0 Å². The first-order valence-corrected chi connectivity index (χ1v) is 7.55. The van der Waals surface area contributed by atoms with Crippen LogP contribution in [0, 0.1) is 5.41 Å². The fourth-order valence-electron chi connectivity index (χ4n) is 3.98. The minimum atomic E-state index is 0.551. The minimum absolute atomic E-state index is 0.551. The molecule has 2 aliphatic rings. The van der Waals surface area contributed by atoms with Gasteiger partial charge in [-0.05, 0) is 57.7 Å². The van der Waals surface area contributed by atoms with Gasteiger partial charge in [0, 0.05) is 12.1 Å². The Kier molecular flexibility index (Phi) is 4.48. The maximum Gasteiger partial charge on any atom is 0.0149 e. The van der Waals surface area contributed by atoms with Crippen molar-refractivity contribution in [2.24, 2.45) is 5.41 Å². The number of likely N-dealkylation sites (tertiary alicyclic amines) is 1. The van der Waals surface area contributed by atoms with Crippen molar-refractivity contribution in [1.29, 1.82) is 0 Å². The van der Waals surface area contributed by atoms with Crippen molar-refractivity contribution in [3.8, 4) is 0 Å². The molecule has 1 aliphatic carbocycles. The maximum atomic E-state index is 3.32. The molecule has 0 spiro atoms. The fourth-order valence-corrected chi connectivity index (χ4v) is 3.98. The Labute approximate surface area is 107 Å². The van der Waals surface area contributed by atoms with Gasteiger partial charge in [0.2, 0.25) is 0 Å². The molecule has 2 unspecified atom stereocenters. The van der Waals surface area contributed by atoms with Gasteiger partial charge < -0.3 is 5.32 Å². The van der Waals surface area contributed by atoms with Gasteiger partial charge >= 0.3 is 0 Å². The molecule has 2 nitrogen and oxygen atoms in total. The van der Waals surface area contributed by atoms with Gasteiger partial charge in [-0.3, -0.25) is 4.90 Å². The van der Waals surface area contributed by atoms with Crippen LogP contribution in [0.1, 0.15) is 58.8 Å². The van der Waals surface area contributed by atoms with Gasteiger partial charge in [0.15, 0.2) is 0 Å². The molecule has 0 bridgehead atoms. The molecule has 0 radical (unpaired) electrons. The van der Waals surface area contributed by atoms with Crippen LogP contribution < -0.4 is 5.32 Å². The highest BCUT2D eigenvalue weighted by Gasteiger charge is 2.41. The zero-order chi connectivity index (χ0) is 12.3. The predicted molar refractivity (Wildman–Crippen MR) is 74.3 cm³/mol. The summed E-state index contributed by atoms with van der Waals surface area (Å²) in [5.74, 6) is 0. The van der Waals surface area contributed by atoms with Crippen LogP contribution in [0.25, 0.3) is 0 Å². The number of nitrogens with one attached hydrogen (secondary N) is 1. The van der Waals surface area contributed by atoms with Crippen molar-refractivity contribution in [1.82, 2.24) is 10.2 Å². The van der Waals surface area contributed by atoms with Crippen LogP contribution in [0.3, 0.4) is 0 Å². The molecule has 1 aliphatic heterocycles. The average molecular weight is 238 g/mol. The van der Waals surface area contributed by atoms with Crippen molar-refractivity contribution >= 4 is 0 Å². The average Bonchev–Trinajstić information content (AvgIpc) is 2.66. The monoisotopic (exact) mass is 238 g/mol. The molecule has 1 saturated heterocycles.